The number of pyridine rings is 1. The first-order valence-electron chi connectivity index (χ1n) is 10.1. The summed E-state index contributed by atoms with van der Waals surface area (Å²) in [6.45, 7) is 1.42. The number of nitrogens with one attached hydrogen (secondary N) is 1. The zero-order valence-corrected chi connectivity index (χ0v) is 17.6. The molecule has 0 aliphatic carbocycles. The number of nitrogens with two attached hydrogens (primary N) is 1. The number of rotatable bonds is 5. The summed E-state index contributed by atoms with van der Waals surface area (Å²) in [5.41, 5.74) is 9.58. The predicted octanol–water partition coefficient (Wildman–Crippen LogP) is 6.85. The van der Waals surface area contributed by atoms with Gasteiger partial charge in [0.15, 0.2) is 5.78 Å². The highest BCUT2D eigenvalue weighted by molar-refractivity contribution is 6.01. The molecule has 4 aromatic rings. The minimum Gasteiger partial charge on any atom is -0.399 e. The molecule has 166 valence electrons. The van der Waals surface area contributed by atoms with Crippen LogP contribution in [0.5, 0.6) is 0 Å². The van der Waals surface area contributed by atoms with Gasteiger partial charge < -0.3 is 11.1 Å². The van der Waals surface area contributed by atoms with E-state index in [1.165, 1.54) is 19.1 Å². The first-order valence-corrected chi connectivity index (χ1v) is 10.1. The van der Waals surface area contributed by atoms with Crippen molar-refractivity contribution in [2.75, 3.05) is 11.1 Å². The number of aromatic nitrogens is 1. The quantitative estimate of drug-likeness (QED) is 0.259. The zero-order chi connectivity index (χ0) is 23.6. The molecule has 0 atom stereocenters. The van der Waals surface area contributed by atoms with Crippen molar-refractivity contribution in [1.29, 1.82) is 0 Å². The molecule has 33 heavy (non-hydrogen) atoms. The number of alkyl halides is 3. The van der Waals surface area contributed by atoms with Crippen molar-refractivity contribution >= 4 is 39.8 Å². The standard InChI is InChI=1S/C26H20F3N3O/c1-16(33)8-9-19-15-31-24-11-10-18(17-4-2-6-21(30)12-17)13-23(24)25(19)32-22-7-3-5-20(14-22)26(27,28)29/h2-15H,30H2,1H3,(H,31,32)/b9-8+. The first kappa shape index (κ1) is 22.1. The molecular formula is C26H20F3N3O. The van der Waals surface area contributed by atoms with E-state index < -0.39 is 11.7 Å². The molecule has 7 heteroatoms. The number of carbonyl (C=O) groups is 1. The van der Waals surface area contributed by atoms with E-state index in [1.54, 1.807) is 24.4 Å². The third-order valence-corrected chi connectivity index (χ3v) is 5.07. The number of hydrogen-bond acceptors (Lipinski definition) is 4. The highest BCUT2D eigenvalue weighted by atomic mass is 19.4. The van der Waals surface area contributed by atoms with E-state index in [-0.39, 0.29) is 11.5 Å². The molecule has 0 radical (unpaired) electrons. The zero-order valence-electron chi connectivity index (χ0n) is 17.6. The molecule has 0 fully saturated rings. The van der Waals surface area contributed by atoms with Crippen molar-refractivity contribution in [3.63, 3.8) is 0 Å². The molecule has 1 heterocycles. The maximum atomic E-state index is 13.2. The monoisotopic (exact) mass is 447 g/mol. The molecule has 0 aliphatic rings. The average molecular weight is 447 g/mol. The minimum absolute atomic E-state index is 0.159. The second-order valence-electron chi connectivity index (χ2n) is 7.59. The van der Waals surface area contributed by atoms with Crippen LogP contribution in [0.2, 0.25) is 0 Å². The van der Waals surface area contributed by atoms with Crippen molar-refractivity contribution in [3.8, 4) is 11.1 Å². The van der Waals surface area contributed by atoms with E-state index in [0.29, 0.717) is 27.8 Å². The highest BCUT2D eigenvalue weighted by Crippen LogP contribution is 2.35. The fraction of sp³-hybridized carbons (Fsp3) is 0.0769. The third kappa shape index (κ3) is 5.03. The largest absolute Gasteiger partial charge is 0.416 e. The molecule has 0 unspecified atom stereocenters. The van der Waals surface area contributed by atoms with E-state index in [1.807, 2.05) is 36.4 Å². The Bertz CT molecular complexity index is 1380. The van der Waals surface area contributed by atoms with Crippen LogP contribution < -0.4 is 11.1 Å². The maximum Gasteiger partial charge on any atom is 0.416 e. The number of nitrogen functional groups attached to an aromatic ring is 1. The number of benzene rings is 3. The molecule has 0 aliphatic heterocycles. The van der Waals surface area contributed by atoms with Crippen LogP contribution in [0.25, 0.3) is 28.1 Å². The number of allylic oxidation sites excluding steroid dienone is 1. The summed E-state index contributed by atoms with van der Waals surface area (Å²) in [6, 6.07) is 18.0. The topological polar surface area (TPSA) is 68.0 Å². The molecule has 4 nitrogen and oxygen atoms in total. The van der Waals surface area contributed by atoms with Gasteiger partial charge in [0, 0.05) is 28.5 Å². The summed E-state index contributed by atoms with van der Waals surface area (Å²) in [5.74, 6) is -0.159. The Balaban J connectivity index is 1.89. The van der Waals surface area contributed by atoms with Crippen molar-refractivity contribution in [1.82, 2.24) is 4.98 Å². The second-order valence-corrected chi connectivity index (χ2v) is 7.59. The molecule has 0 amide bonds. The molecule has 1 aromatic heterocycles. The Labute approximate surface area is 188 Å². The lowest BCUT2D eigenvalue weighted by atomic mass is 10.0. The lowest BCUT2D eigenvalue weighted by molar-refractivity contribution is -0.137. The number of carbonyl (C=O) groups excluding carboxylic acids is 1. The number of halogens is 3. The van der Waals surface area contributed by atoms with Crippen LogP contribution in [0.3, 0.4) is 0 Å². The molecule has 0 saturated heterocycles. The Kier molecular flexibility index (Phi) is 5.87. The minimum atomic E-state index is -4.46. The Morgan fingerprint density at radius 2 is 1.76 bits per heavy atom. The molecule has 3 N–H and O–H groups in total. The summed E-state index contributed by atoms with van der Waals surface area (Å²) in [6.07, 6.45) is 0.105. The molecule has 3 aromatic carbocycles. The summed E-state index contributed by atoms with van der Waals surface area (Å²) in [4.78, 5) is 16.0. The van der Waals surface area contributed by atoms with Gasteiger partial charge in [0.05, 0.1) is 16.8 Å². The molecule has 4 rings (SSSR count). The fourth-order valence-corrected chi connectivity index (χ4v) is 3.50. The summed E-state index contributed by atoms with van der Waals surface area (Å²) in [7, 11) is 0. The summed E-state index contributed by atoms with van der Waals surface area (Å²) in [5, 5.41) is 3.81. The number of fused-ring (bicyclic) bond motifs is 1. The van der Waals surface area contributed by atoms with E-state index in [4.69, 9.17) is 5.73 Å². The molecular weight excluding hydrogens is 427 g/mol. The number of nitrogens with zero attached hydrogens (tertiary/aromatic N) is 1. The number of anilines is 3. The van der Waals surface area contributed by atoms with E-state index in [0.717, 1.165) is 23.3 Å². The van der Waals surface area contributed by atoms with Gasteiger partial charge in [-0.15, -0.1) is 0 Å². The van der Waals surface area contributed by atoms with Crippen molar-refractivity contribution in [2.24, 2.45) is 0 Å². The van der Waals surface area contributed by atoms with Gasteiger partial charge in [-0.2, -0.15) is 13.2 Å². The van der Waals surface area contributed by atoms with Gasteiger partial charge in [0.1, 0.15) is 0 Å². The average Bonchev–Trinajstić information content (AvgIpc) is 2.78. The van der Waals surface area contributed by atoms with Gasteiger partial charge in [-0.05, 0) is 72.7 Å². The van der Waals surface area contributed by atoms with Gasteiger partial charge in [0.25, 0.3) is 0 Å². The van der Waals surface area contributed by atoms with Crippen LogP contribution in [-0.2, 0) is 11.0 Å². The SMILES string of the molecule is CC(=O)/C=C/c1cnc2ccc(-c3cccc(N)c3)cc2c1Nc1cccc(C(F)(F)F)c1. The van der Waals surface area contributed by atoms with E-state index in [2.05, 4.69) is 10.3 Å². The number of ketones is 1. The van der Waals surface area contributed by atoms with Crippen molar-refractivity contribution in [2.45, 2.75) is 13.1 Å². The highest BCUT2D eigenvalue weighted by Gasteiger charge is 2.30. The maximum absolute atomic E-state index is 13.2. The Morgan fingerprint density at radius 3 is 2.48 bits per heavy atom. The second kappa shape index (κ2) is 8.78. The number of hydrogen-bond donors (Lipinski definition) is 2. The molecule has 0 spiro atoms. The summed E-state index contributed by atoms with van der Waals surface area (Å²) >= 11 is 0. The van der Waals surface area contributed by atoms with Crippen LogP contribution in [0.4, 0.5) is 30.2 Å². The van der Waals surface area contributed by atoms with Crippen molar-refractivity contribution < 1.29 is 18.0 Å². The smallest absolute Gasteiger partial charge is 0.399 e. The van der Waals surface area contributed by atoms with Crippen LogP contribution in [-0.4, -0.2) is 10.8 Å². The fourth-order valence-electron chi connectivity index (χ4n) is 3.50. The van der Waals surface area contributed by atoms with Gasteiger partial charge in [0.2, 0.25) is 0 Å². The van der Waals surface area contributed by atoms with Crippen LogP contribution >= 0.6 is 0 Å². The molecule has 0 bridgehead atoms. The molecule has 0 saturated carbocycles. The third-order valence-electron chi connectivity index (χ3n) is 5.07. The van der Waals surface area contributed by atoms with Gasteiger partial charge in [-0.1, -0.05) is 24.3 Å². The van der Waals surface area contributed by atoms with Crippen LogP contribution in [0.1, 0.15) is 18.1 Å². The van der Waals surface area contributed by atoms with Gasteiger partial charge in [-0.3, -0.25) is 9.78 Å². The van der Waals surface area contributed by atoms with E-state index >= 15 is 0 Å². The lowest BCUT2D eigenvalue weighted by Gasteiger charge is -2.15. The van der Waals surface area contributed by atoms with Crippen LogP contribution in [0.15, 0.2) is 79.0 Å². The normalized spacial score (nSPS) is 11.8. The van der Waals surface area contributed by atoms with Gasteiger partial charge in [-0.25, -0.2) is 0 Å². The summed E-state index contributed by atoms with van der Waals surface area (Å²) < 4.78 is 39.7. The van der Waals surface area contributed by atoms with Crippen LogP contribution in [0, 0.1) is 0 Å². The Morgan fingerprint density at radius 1 is 1.00 bits per heavy atom. The van der Waals surface area contributed by atoms with Crippen molar-refractivity contribution in [3.05, 3.63) is 90.1 Å². The Hall–Kier alpha value is -4.13. The lowest BCUT2D eigenvalue weighted by Crippen LogP contribution is -2.05. The van der Waals surface area contributed by atoms with Gasteiger partial charge >= 0.3 is 6.18 Å². The first-order chi connectivity index (χ1) is 15.7. The predicted molar refractivity (Wildman–Crippen MR) is 126 cm³/mol. The van der Waals surface area contributed by atoms with E-state index in [9.17, 15) is 18.0 Å².